The van der Waals surface area contributed by atoms with E-state index in [1.54, 1.807) is 12.3 Å². The second-order valence-corrected chi connectivity index (χ2v) is 5.32. The number of hydrogen-bond donors (Lipinski definition) is 2. The van der Waals surface area contributed by atoms with Gasteiger partial charge in [-0.2, -0.15) is 5.10 Å². The highest BCUT2D eigenvalue weighted by atomic mass is 16.2. The van der Waals surface area contributed by atoms with Gasteiger partial charge in [0.05, 0.1) is 0 Å². The number of piperidine rings is 1. The number of carbonyl (C=O) groups is 2. The highest BCUT2D eigenvalue weighted by Crippen LogP contribution is 2.31. The third-order valence-corrected chi connectivity index (χ3v) is 3.81. The van der Waals surface area contributed by atoms with E-state index >= 15 is 0 Å². The number of aromatic amines is 1. The zero-order valence-electron chi connectivity index (χ0n) is 10.8. The lowest BCUT2D eigenvalue weighted by Gasteiger charge is -2.32. The van der Waals surface area contributed by atoms with E-state index in [0.717, 1.165) is 38.8 Å². The van der Waals surface area contributed by atoms with E-state index in [0.29, 0.717) is 11.6 Å². The molecule has 1 aromatic rings. The van der Waals surface area contributed by atoms with E-state index < -0.39 is 0 Å². The van der Waals surface area contributed by atoms with Gasteiger partial charge in [0.2, 0.25) is 5.91 Å². The molecule has 1 aliphatic carbocycles. The summed E-state index contributed by atoms with van der Waals surface area (Å²) in [5, 5.41) is 9.39. The fraction of sp³-hybridized carbons (Fsp3) is 0.615. The summed E-state index contributed by atoms with van der Waals surface area (Å²) in [6.07, 6.45) is 5.33. The predicted molar refractivity (Wildman–Crippen MR) is 68.4 cm³/mol. The monoisotopic (exact) mass is 262 g/mol. The third-order valence-electron chi connectivity index (χ3n) is 3.81. The molecule has 2 aliphatic rings. The van der Waals surface area contributed by atoms with Gasteiger partial charge < -0.3 is 10.2 Å². The number of rotatable bonds is 3. The fourth-order valence-corrected chi connectivity index (χ4v) is 2.48. The molecule has 102 valence electrons. The molecule has 2 N–H and O–H groups in total. The van der Waals surface area contributed by atoms with Crippen LogP contribution in [0.4, 0.5) is 0 Å². The van der Waals surface area contributed by atoms with Crippen molar-refractivity contribution in [3.05, 3.63) is 18.0 Å². The molecule has 0 atom stereocenters. The molecule has 0 unspecified atom stereocenters. The molecule has 2 heterocycles. The standard InChI is InChI=1S/C13H18N4O2/c18-12(11-3-6-14-16-11)15-10-4-7-17(8-5-10)13(19)9-1-2-9/h3,6,9-10H,1-2,4-5,7-8H2,(H,14,16)(H,15,18). The first-order valence-corrected chi connectivity index (χ1v) is 6.83. The Hall–Kier alpha value is -1.85. The van der Waals surface area contributed by atoms with Crippen molar-refractivity contribution in [1.82, 2.24) is 20.4 Å². The zero-order valence-corrected chi connectivity index (χ0v) is 10.8. The number of nitrogens with zero attached hydrogens (tertiary/aromatic N) is 2. The molecule has 3 rings (SSSR count). The minimum absolute atomic E-state index is 0.121. The molecule has 6 nitrogen and oxygen atoms in total. The topological polar surface area (TPSA) is 78.1 Å². The Labute approximate surface area is 111 Å². The van der Waals surface area contributed by atoms with Crippen molar-refractivity contribution >= 4 is 11.8 Å². The van der Waals surface area contributed by atoms with Gasteiger partial charge in [-0.15, -0.1) is 0 Å². The number of carbonyl (C=O) groups excluding carboxylic acids is 2. The van der Waals surface area contributed by atoms with E-state index in [-0.39, 0.29) is 17.9 Å². The number of H-pyrrole nitrogens is 1. The Morgan fingerprint density at radius 1 is 1.26 bits per heavy atom. The highest BCUT2D eigenvalue weighted by molar-refractivity contribution is 5.92. The molecular formula is C13H18N4O2. The fourth-order valence-electron chi connectivity index (χ4n) is 2.48. The maximum absolute atomic E-state index is 11.9. The van der Waals surface area contributed by atoms with Crippen LogP contribution in [0.1, 0.15) is 36.2 Å². The van der Waals surface area contributed by atoms with Crippen molar-refractivity contribution in [3.63, 3.8) is 0 Å². The van der Waals surface area contributed by atoms with Gasteiger partial charge in [0, 0.05) is 31.2 Å². The third kappa shape index (κ3) is 2.77. The van der Waals surface area contributed by atoms with Crippen LogP contribution in [0.25, 0.3) is 0 Å². The van der Waals surface area contributed by atoms with Gasteiger partial charge in [-0.1, -0.05) is 0 Å². The lowest BCUT2D eigenvalue weighted by molar-refractivity contribution is -0.133. The SMILES string of the molecule is O=C(NC1CCN(C(=O)C2CC2)CC1)c1ccn[nH]1. The van der Waals surface area contributed by atoms with Crippen molar-refractivity contribution in [2.24, 2.45) is 5.92 Å². The second kappa shape index (κ2) is 5.03. The minimum Gasteiger partial charge on any atom is -0.348 e. The summed E-state index contributed by atoms with van der Waals surface area (Å²) in [7, 11) is 0. The number of amides is 2. The molecule has 0 bridgehead atoms. The summed E-state index contributed by atoms with van der Waals surface area (Å²) in [5.74, 6) is 0.471. The molecule has 0 spiro atoms. The van der Waals surface area contributed by atoms with E-state index in [9.17, 15) is 9.59 Å². The van der Waals surface area contributed by atoms with Crippen molar-refractivity contribution in [3.8, 4) is 0 Å². The van der Waals surface area contributed by atoms with Crippen LogP contribution in [0.2, 0.25) is 0 Å². The molecule has 1 saturated carbocycles. The Morgan fingerprint density at radius 3 is 2.58 bits per heavy atom. The van der Waals surface area contributed by atoms with E-state index in [1.165, 1.54) is 0 Å². The molecular weight excluding hydrogens is 244 g/mol. The summed E-state index contributed by atoms with van der Waals surface area (Å²) in [4.78, 5) is 25.7. The molecule has 1 aromatic heterocycles. The summed E-state index contributed by atoms with van der Waals surface area (Å²) >= 11 is 0. The molecule has 1 saturated heterocycles. The van der Waals surface area contributed by atoms with E-state index in [4.69, 9.17) is 0 Å². The number of nitrogens with one attached hydrogen (secondary N) is 2. The Balaban J connectivity index is 1.47. The molecule has 2 fully saturated rings. The van der Waals surface area contributed by atoms with Crippen LogP contribution in [0.5, 0.6) is 0 Å². The number of likely N-dealkylation sites (tertiary alicyclic amines) is 1. The summed E-state index contributed by atoms with van der Waals surface area (Å²) < 4.78 is 0. The first-order valence-electron chi connectivity index (χ1n) is 6.83. The van der Waals surface area contributed by atoms with Crippen molar-refractivity contribution in [2.75, 3.05) is 13.1 Å². The number of aromatic nitrogens is 2. The van der Waals surface area contributed by atoms with Crippen molar-refractivity contribution < 1.29 is 9.59 Å². The maximum atomic E-state index is 11.9. The first-order chi connectivity index (χ1) is 9.24. The molecule has 0 aromatic carbocycles. The summed E-state index contributed by atoms with van der Waals surface area (Å²) in [6, 6.07) is 1.81. The molecule has 2 amide bonds. The quantitative estimate of drug-likeness (QED) is 0.834. The van der Waals surface area contributed by atoms with E-state index in [2.05, 4.69) is 15.5 Å². The molecule has 1 aliphatic heterocycles. The highest BCUT2D eigenvalue weighted by Gasteiger charge is 2.35. The van der Waals surface area contributed by atoms with Gasteiger partial charge in [-0.3, -0.25) is 14.7 Å². The predicted octanol–water partition coefficient (Wildman–Crippen LogP) is 0.540. The van der Waals surface area contributed by atoms with Gasteiger partial charge in [0.1, 0.15) is 5.69 Å². The Bertz CT molecular complexity index is 459. The maximum Gasteiger partial charge on any atom is 0.269 e. The average Bonchev–Trinajstić information content (AvgIpc) is 3.13. The minimum atomic E-state index is -0.121. The second-order valence-electron chi connectivity index (χ2n) is 5.32. The average molecular weight is 262 g/mol. The van der Waals surface area contributed by atoms with Crippen LogP contribution < -0.4 is 5.32 Å². The van der Waals surface area contributed by atoms with Crippen molar-refractivity contribution in [1.29, 1.82) is 0 Å². The normalized spacial score (nSPS) is 20.3. The van der Waals surface area contributed by atoms with Crippen LogP contribution in [0, 0.1) is 5.92 Å². The smallest absolute Gasteiger partial charge is 0.269 e. The van der Waals surface area contributed by atoms with Gasteiger partial charge in [0.15, 0.2) is 0 Å². The summed E-state index contributed by atoms with van der Waals surface area (Å²) in [5.41, 5.74) is 0.483. The van der Waals surface area contributed by atoms with Gasteiger partial charge >= 0.3 is 0 Å². The molecule has 19 heavy (non-hydrogen) atoms. The van der Waals surface area contributed by atoms with Crippen molar-refractivity contribution in [2.45, 2.75) is 31.7 Å². The van der Waals surface area contributed by atoms with Gasteiger partial charge in [-0.25, -0.2) is 0 Å². The zero-order chi connectivity index (χ0) is 13.2. The van der Waals surface area contributed by atoms with Gasteiger partial charge in [-0.05, 0) is 31.7 Å². The van der Waals surface area contributed by atoms with Crippen LogP contribution in [0.3, 0.4) is 0 Å². The molecule has 6 heteroatoms. The first kappa shape index (κ1) is 12.2. The number of hydrogen-bond acceptors (Lipinski definition) is 3. The Kier molecular flexibility index (Phi) is 3.23. The lowest BCUT2D eigenvalue weighted by Crippen LogP contribution is -2.47. The van der Waals surface area contributed by atoms with Crippen LogP contribution in [-0.2, 0) is 4.79 Å². The summed E-state index contributed by atoms with van der Waals surface area (Å²) in [6.45, 7) is 1.51. The Morgan fingerprint density at radius 2 is 2.00 bits per heavy atom. The molecule has 0 radical (unpaired) electrons. The van der Waals surface area contributed by atoms with Gasteiger partial charge in [0.25, 0.3) is 5.91 Å². The lowest BCUT2D eigenvalue weighted by atomic mass is 10.0. The van der Waals surface area contributed by atoms with Crippen LogP contribution >= 0.6 is 0 Å². The largest absolute Gasteiger partial charge is 0.348 e. The van der Waals surface area contributed by atoms with E-state index in [1.807, 2.05) is 4.90 Å². The van der Waals surface area contributed by atoms with Crippen LogP contribution in [-0.4, -0.2) is 46.0 Å². The van der Waals surface area contributed by atoms with Crippen LogP contribution in [0.15, 0.2) is 12.3 Å².